The van der Waals surface area contributed by atoms with Crippen molar-refractivity contribution in [3.63, 3.8) is 0 Å². The summed E-state index contributed by atoms with van der Waals surface area (Å²) >= 11 is 6.65. The van der Waals surface area contributed by atoms with Crippen LogP contribution in [0.15, 0.2) is 42.7 Å². The van der Waals surface area contributed by atoms with Crippen LogP contribution in [0, 0.1) is 11.6 Å². The number of rotatable bonds is 8. The van der Waals surface area contributed by atoms with Gasteiger partial charge < -0.3 is 15.0 Å². The second-order valence-corrected chi connectivity index (χ2v) is 9.21. The zero-order valence-corrected chi connectivity index (χ0v) is 21.2. The number of anilines is 1. The zero-order chi connectivity index (χ0) is 25.8. The maximum Gasteiger partial charge on any atom is 0.319 e. The van der Waals surface area contributed by atoms with E-state index in [9.17, 15) is 0 Å². The van der Waals surface area contributed by atoms with Gasteiger partial charge in [0, 0.05) is 61.5 Å². The second kappa shape index (κ2) is 11.3. The summed E-state index contributed by atoms with van der Waals surface area (Å²) in [6.45, 7) is 5.08. The first-order valence-corrected chi connectivity index (χ1v) is 12.8. The molecule has 2 aromatic heterocycles. The molecule has 0 bridgehead atoms. The molecule has 0 aliphatic carbocycles. The van der Waals surface area contributed by atoms with Crippen LogP contribution in [0.2, 0.25) is 5.02 Å². The fourth-order valence-electron chi connectivity index (χ4n) is 4.59. The fraction of sp³-hybridized carbons (Fsp3) is 0.333. The van der Waals surface area contributed by atoms with Crippen molar-refractivity contribution in [2.75, 3.05) is 37.7 Å². The van der Waals surface area contributed by atoms with Gasteiger partial charge in [-0.15, -0.1) is 0 Å². The Kier molecular flexibility index (Phi) is 7.71. The predicted molar refractivity (Wildman–Crippen MR) is 140 cm³/mol. The van der Waals surface area contributed by atoms with E-state index in [1.165, 1.54) is 6.07 Å². The Morgan fingerprint density at radius 3 is 2.57 bits per heavy atom. The lowest BCUT2D eigenvalue weighted by atomic mass is 9.94. The van der Waals surface area contributed by atoms with Crippen LogP contribution in [0.4, 0.5) is 14.6 Å². The van der Waals surface area contributed by atoms with Crippen LogP contribution in [0.25, 0.3) is 22.0 Å². The second-order valence-electron chi connectivity index (χ2n) is 8.80. The molecule has 5 rings (SSSR count). The number of halogens is 3. The molecular weight excluding hydrogens is 498 g/mol. The van der Waals surface area contributed by atoms with E-state index in [-0.39, 0.29) is 34.3 Å². The minimum Gasteiger partial charge on any atom is -0.463 e. The summed E-state index contributed by atoms with van der Waals surface area (Å²) in [5, 5.41) is 3.88. The molecule has 192 valence electrons. The predicted octanol–water partition coefficient (Wildman–Crippen LogP) is 5.00. The van der Waals surface area contributed by atoms with Gasteiger partial charge in [-0.2, -0.15) is 9.97 Å². The first-order chi connectivity index (χ1) is 18.1. The van der Waals surface area contributed by atoms with E-state index in [2.05, 4.69) is 30.2 Å². The van der Waals surface area contributed by atoms with Crippen LogP contribution in [0.3, 0.4) is 0 Å². The molecule has 3 heterocycles. The van der Waals surface area contributed by atoms with Gasteiger partial charge in [-0.1, -0.05) is 37.1 Å². The molecule has 0 radical (unpaired) electrons. The van der Waals surface area contributed by atoms with Gasteiger partial charge in [0.05, 0.1) is 11.6 Å². The Labute approximate surface area is 218 Å². The first kappa shape index (κ1) is 25.2. The van der Waals surface area contributed by atoms with Crippen LogP contribution in [0.5, 0.6) is 6.01 Å². The molecule has 0 amide bonds. The molecule has 1 aliphatic heterocycles. The average molecular weight is 525 g/mol. The van der Waals surface area contributed by atoms with Gasteiger partial charge in [0.1, 0.15) is 23.0 Å². The lowest BCUT2D eigenvalue weighted by Crippen LogP contribution is -2.44. The molecule has 1 aliphatic rings. The Bertz CT molecular complexity index is 1400. The summed E-state index contributed by atoms with van der Waals surface area (Å²) < 4.78 is 37.2. The highest BCUT2D eigenvalue weighted by Gasteiger charge is 2.25. The van der Waals surface area contributed by atoms with Crippen LogP contribution >= 0.6 is 11.6 Å². The highest BCUT2D eigenvalue weighted by Crippen LogP contribution is 2.41. The largest absolute Gasteiger partial charge is 0.463 e. The average Bonchev–Trinajstić information content (AvgIpc) is 2.91. The minimum atomic E-state index is -0.694. The number of nitrogens with one attached hydrogen (secondary N) is 1. The summed E-state index contributed by atoms with van der Waals surface area (Å²) in [4.78, 5) is 19.5. The van der Waals surface area contributed by atoms with Crippen molar-refractivity contribution < 1.29 is 13.5 Å². The number of nitrogens with zero attached hydrogens (tertiary/aromatic N) is 5. The zero-order valence-electron chi connectivity index (χ0n) is 20.5. The lowest BCUT2D eigenvalue weighted by Gasteiger charge is -2.29. The minimum absolute atomic E-state index is 0.00399. The quantitative estimate of drug-likeness (QED) is 0.347. The Balaban J connectivity index is 1.62. The van der Waals surface area contributed by atoms with Gasteiger partial charge in [0.2, 0.25) is 0 Å². The molecule has 0 spiro atoms. The number of ether oxygens (including phenoxy) is 1. The summed E-state index contributed by atoms with van der Waals surface area (Å²) in [5.74, 6) is -0.0669. The van der Waals surface area contributed by atoms with E-state index in [0.29, 0.717) is 48.5 Å². The van der Waals surface area contributed by atoms with E-state index in [1.54, 1.807) is 36.7 Å². The van der Waals surface area contributed by atoms with Gasteiger partial charge in [-0.05, 0) is 30.2 Å². The maximum absolute atomic E-state index is 16.3. The summed E-state index contributed by atoms with van der Waals surface area (Å²) in [6.07, 6.45) is 5.13. The van der Waals surface area contributed by atoms with Crippen molar-refractivity contribution in [2.24, 2.45) is 0 Å². The van der Waals surface area contributed by atoms with Crippen molar-refractivity contribution in [3.05, 3.63) is 70.8 Å². The number of fused-ring (bicyclic) bond motifs is 1. The SMILES string of the molecule is CCCc1cccc(F)c1-c1c(Cl)cc2c(N3CCNCC3)nc(OCCc3ncccn3)nc2c1F. The van der Waals surface area contributed by atoms with Crippen LogP contribution in [-0.4, -0.2) is 52.7 Å². The van der Waals surface area contributed by atoms with E-state index < -0.39 is 11.6 Å². The number of aromatic nitrogens is 4. The van der Waals surface area contributed by atoms with Crippen molar-refractivity contribution in [1.29, 1.82) is 0 Å². The van der Waals surface area contributed by atoms with Gasteiger partial charge in [0.25, 0.3) is 0 Å². The van der Waals surface area contributed by atoms with Crippen LogP contribution in [-0.2, 0) is 12.8 Å². The monoisotopic (exact) mass is 524 g/mol. The topological polar surface area (TPSA) is 76.1 Å². The van der Waals surface area contributed by atoms with Crippen molar-refractivity contribution in [2.45, 2.75) is 26.2 Å². The Hall–Kier alpha value is -3.43. The molecule has 7 nitrogen and oxygen atoms in total. The summed E-state index contributed by atoms with van der Waals surface area (Å²) in [5.41, 5.74) is 0.905. The van der Waals surface area contributed by atoms with Crippen molar-refractivity contribution in [3.8, 4) is 17.1 Å². The molecule has 0 saturated carbocycles. The molecule has 2 aromatic carbocycles. The van der Waals surface area contributed by atoms with Gasteiger partial charge >= 0.3 is 6.01 Å². The normalized spacial score (nSPS) is 13.8. The van der Waals surface area contributed by atoms with Gasteiger partial charge in [-0.3, -0.25) is 0 Å². The first-order valence-electron chi connectivity index (χ1n) is 12.4. The lowest BCUT2D eigenvalue weighted by molar-refractivity contribution is 0.294. The highest BCUT2D eigenvalue weighted by atomic mass is 35.5. The number of benzene rings is 2. The molecule has 0 atom stereocenters. The number of hydrogen-bond donors (Lipinski definition) is 1. The van der Waals surface area contributed by atoms with Crippen LogP contribution in [0.1, 0.15) is 24.7 Å². The molecule has 1 N–H and O–H groups in total. The highest BCUT2D eigenvalue weighted by molar-refractivity contribution is 6.34. The molecule has 10 heteroatoms. The summed E-state index contributed by atoms with van der Waals surface area (Å²) in [7, 11) is 0. The van der Waals surface area contributed by atoms with Crippen molar-refractivity contribution in [1.82, 2.24) is 25.3 Å². The smallest absolute Gasteiger partial charge is 0.319 e. The number of piperazine rings is 1. The molecular formula is C27H27ClF2N6O. The van der Waals surface area contributed by atoms with E-state index in [1.807, 2.05) is 6.92 Å². The number of hydrogen-bond acceptors (Lipinski definition) is 7. The molecule has 0 unspecified atom stereocenters. The Morgan fingerprint density at radius 1 is 1.03 bits per heavy atom. The van der Waals surface area contributed by atoms with E-state index in [4.69, 9.17) is 16.3 Å². The standard InChI is InChI=1S/C27H27ClF2N6O/c1-2-5-17-6-3-7-20(29)22(17)23-19(28)16-18-25(24(23)30)34-27(35-26(18)36-13-11-31-12-14-36)37-15-8-21-32-9-4-10-33-21/h3-4,6-7,9-10,16,31H,2,5,8,11-15H2,1H3. The van der Waals surface area contributed by atoms with E-state index >= 15 is 8.78 Å². The summed E-state index contributed by atoms with van der Waals surface area (Å²) in [6, 6.07) is 8.16. The van der Waals surface area contributed by atoms with Crippen LogP contribution < -0.4 is 15.0 Å². The molecule has 1 fully saturated rings. The van der Waals surface area contributed by atoms with Crippen molar-refractivity contribution >= 4 is 28.3 Å². The fourth-order valence-corrected chi connectivity index (χ4v) is 4.88. The molecule has 4 aromatic rings. The third kappa shape index (κ3) is 5.33. The number of aryl methyl sites for hydroxylation is 1. The molecule has 37 heavy (non-hydrogen) atoms. The third-order valence-electron chi connectivity index (χ3n) is 6.30. The maximum atomic E-state index is 16.3. The third-order valence-corrected chi connectivity index (χ3v) is 6.60. The molecule has 1 saturated heterocycles. The van der Waals surface area contributed by atoms with Gasteiger partial charge in [0.15, 0.2) is 5.82 Å². The Morgan fingerprint density at radius 2 is 1.81 bits per heavy atom. The van der Waals surface area contributed by atoms with E-state index in [0.717, 1.165) is 19.5 Å². The van der Waals surface area contributed by atoms with Gasteiger partial charge in [-0.25, -0.2) is 18.7 Å².